The van der Waals surface area contributed by atoms with Crippen molar-refractivity contribution in [1.82, 2.24) is 9.66 Å². The average molecular weight is 458 g/mol. The lowest BCUT2D eigenvalue weighted by Gasteiger charge is -2.09. The van der Waals surface area contributed by atoms with Crippen molar-refractivity contribution in [3.05, 3.63) is 68.7 Å². The molecule has 0 saturated carbocycles. The third-order valence-electron chi connectivity index (χ3n) is 3.90. The highest BCUT2D eigenvalue weighted by atomic mass is 79.9. The van der Waals surface area contributed by atoms with Crippen LogP contribution in [0.15, 0.2) is 56.8 Å². The quantitative estimate of drug-likeness (QED) is 0.416. The minimum Gasteiger partial charge on any atom is -0.482 e. The molecule has 2 aromatic carbocycles. The maximum absolute atomic E-state index is 12.7. The van der Waals surface area contributed by atoms with Crippen molar-refractivity contribution in [3.8, 4) is 5.75 Å². The number of ether oxygens (including phenoxy) is 2. The van der Waals surface area contributed by atoms with Crippen molar-refractivity contribution < 1.29 is 14.3 Å². The Bertz CT molecular complexity index is 1120. The third kappa shape index (κ3) is 5.29. The summed E-state index contributed by atoms with van der Waals surface area (Å²) in [5.41, 5.74) is 1.15. The van der Waals surface area contributed by atoms with Crippen LogP contribution in [-0.4, -0.2) is 34.6 Å². The molecule has 29 heavy (non-hydrogen) atoms. The van der Waals surface area contributed by atoms with Crippen molar-refractivity contribution in [1.29, 1.82) is 0 Å². The second-order valence-corrected chi connectivity index (χ2v) is 7.49. The highest BCUT2D eigenvalue weighted by Crippen LogP contribution is 2.16. The predicted molar refractivity (Wildman–Crippen MR) is 115 cm³/mol. The van der Waals surface area contributed by atoms with Crippen LogP contribution >= 0.6 is 15.9 Å². The van der Waals surface area contributed by atoms with E-state index in [1.165, 1.54) is 4.68 Å². The van der Waals surface area contributed by atoms with E-state index >= 15 is 0 Å². The Kier molecular flexibility index (Phi) is 6.43. The number of rotatable bonds is 6. The lowest BCUT2D eigenvalue weighted by Crippen LogP contribution is -2.20. The van der Waals surface area contributed by atoms with E-state index in [9.17, 15) is 9.59 Å². The Balaban J connectivity index is 1.75. The molecule has 7 nitrogen and oxygen atoms in total. The van der Waals surface area contributed by atoms with Gasteiger partial charge in [0.1, 0.15) is 11.6 Å². The molecule has 0 aliphatic heterocycles. The normalized spacial score (nSPS) is 11.3. The second kappa shape index (κ2) is 9.00. The van der Waals surface area contributed by atoms with Gasteiger partial charge in [0, 0.05) is 4.47 Å². The summed E-state index contributed by atoms with van der Waals surface area (Å²) in [5.74, 6) is 0.606. The molecule has 0 atom stereocenters. The minimum absolute atomic E-state index is 0.154. The van der Waals surface area contributed by atoms with Gasteiger partial charge in [-0.05, 0) is 68.8 Å². The molecule has 3 aromatic rings. The second-order valence-electron chi connectivity index (χ2n) is 6.58. The summed E-state index contributed by atoms with van der Waals surface area (Å²) in [6, 6.07) is 12.3. The van der Waals surface area contributed by atoms with Gasteiger partial charge in [0.25, 0.3) is 5.56 Å². The van der Waals surface area contributed by atoms with Crippen molar-refractivity contribution in [2.45, 2.75) is 26.9 Å². The number of carbonyl (C=O) groups excluding carboxylic acids is 1. The smallest absolute Gasteiger partial charge is 0.344 e. The van der Waals surface area contributed by atoms with Crippen LogP contribution in [0.1, 0.15) is 25.2 Å². The first-order valence-electron chi connectivity index (χ1n) is 8.99. The van der Waals surface area contributed by atoms with E-state index in [1.807, 2.05) is 6.07 Å². The van der Waals surface area contributed by atoms with Crippen LogP contribution in [0, 0.1) is 6.92 Å². The number of hydrogen-bond acceptors (Lipinski definition) is 6. The lowest BCUT2D eigenvalue weighted by atomic mass is 10.2. The van der Waals surface area contributed by atoms with Gasteiger partial charge in [-0.2, -0.15) is 9.78 Å². The molecule has 0 saturated heterocycles. The van der Waals surface area contributed by atoms with Gasteiger partial charge in [-0.25, -0.2) is 9.78 Å². The predicted octanol–water partition coefficient (Wildman–Crippen LogP) is 3.68. The monoisotopic (exact) mass is 457 g/mol. The first kappa shape index (κ1) is 20.7. The number of benzene rings is 2. The SMILES string of the molecule is Cc1nc2ccc(Br)cc2c(=O)n1N=Cc1ccc(OCC(=O)OC(C)C)cc1. The van der Waals surface area contributed by atoms with Crippen molar-refractivity contribution in [2.75, 3.05) is 6.61 Å². The Morgan fingerprint density at radius 3 is 2.66 bits per heavy atom. The van der Waals surface area contributed by atoms with Gasteiger partial charge < -0.3 is 9.47 Å². The largest absolute Gasteiger partial charge is 0.482 e. The third-order valence-corrected chi connectivity index (χ3v) is 4.39. The molecule has 0 unspecified atom stereocenters. The number of nitrogens with zero attached hydrogens (tertiary/aromatic N) is 3. The number of halogens is 1. The Labute approximate surface area is 176 Å². The van der Waals surface area contributed by atoms with Crippen LogP contribution in [0.25, 0.3) is 10.9 Å². The molecule has 0 fully saturated rings. The number of esters is 1. The Morgan fingerprint density at radius 1 is 1.24 bits per heavy atom. The molecule has 8 heteroatoms. The van der Waals surface area contributed by atoms with E-state index in [0.29, 0.717) is 22.5 Å². The first-order chi connectivity index (χ1) is 13.8. The van der Waals surface area contributed by atoms with Crippen LogP contribution in [-0.2, 0) is 9.53 Å². The van der Waals surface area contributed by atoms with E-state index in [4.69, 9.17) is 9.47 Å². The minimum atomic E-state index is -0.420. The van der Waals surface area contributed by atoms with E-state index < -0.39 is 5.97 Å². The molecule has 1 heterocycles. The highest BCUT2D eigenvalue weighted by Gasteiger charge is 2.08. The molecule has 0 radical (unpaired) electrons. The van der Waals surface area contributed by atoms with Gasteiger partial charge >= 0.3 is 5.97 Å². The highest BCUT2D eigenvalue weighted by molar-refractivity contribution is 9.10. The number of aryl methyl sites for hydroxylation is 1. The summed E-state index contributed by atoms with van der Waals surface area (Å²) in [5, 5.41) is 4.76. The molecule has 0 amide bonds. The van der Waals surface area contributed by atoms with Gasteiger partial charge in [0.15, 0.2) is 6.61 Å². The average Bonchev–Trinajstić information content (AvgIpc) is 2.67. The standard InChI is InChI=1S/C21H20BrN3O4/c1-13(2)29-20(26)12-28-17-7-4-15(5-8-17)11-23-25-14(3)24-19-9-6-16(22)10-18(19)21(25)27/h4-11,13H,12H2,1-3H3. The summed E-state index contributed by atoms with van der Waals surface area (Å²) in [4.78, 5) is 28.7. The molecule has 0 bridgehead atoms. The maximum atomic E-state index is 12.7. The summed E-state index contributed by atoms with van der Waals surface area (Å²) in [6.45, 7) is 5.14. The van der Waals surface area contributed by atoms with Crippen molar-refractivity contribution >= 4 is 39.0 Å². The van der Waals surface area contributed by atoms with Gasteiger partial charge in [-0.1, -0.05) is 15.9 Å². The van der Waals surface area contributed by atoms with Crippen LogP contribution in [0.4, 0.5) is 0 Å². The van der Waals surface area contributed by atoms with Gasteiger partial charge in [-0.15, -0.1) is 0 Å². The van der Waals surface area contributed by atoms with E-state index in [2.05, 4.69) is 26.0 Å². The van der Waals surface area contributed by atoms with Crippen LogP contribution in [0.2, 0.25) is 0 Å². The summed E-state index contributed by atoms with van der Waals surface area (Å²) >= 11 is 3.37. The zero-order chi connectivity index (χ0) is 21.0. The zero-order valence-corrected chi connectivity index (χ0v) is 17.8. The lowest BCUT2D eigenvalue weighted by molar-refractivity contribution is -0.149. The molecule has 0 aliphatic rings. The Hall–Kier alpha value is -3.00. The topological polar surface area (TPSA) is 82.8 Å². The van der Waals surface area contributed by atoms with E-state index in [1.54, 1.807) is 63.4 Å². The molecule has 0 aliphatic carbocycles. The fourth-order valence-electron chi connectivity index (χ4n) is 2.61. The van der Waals surface area contributed by atoms with Crippen molar-refractivity contribution in [3.63, 3.8) is 0 Å². The molecule has 1 aromatic heterocycles. The fraction of sp³-hybridized carbons (Fsp3) is 0.238. The summed E-state index contributed by atoms with van der Waals surface area (Å²) in [6.07, 6.45) is 1.39. The van der Waals surface area contributed by atoms with Gasteiger partial charge in [0.05, 0.1) is 23.2 Å². The summed E-state index contributed by atoms with van der Waals surface area (Å²) < 4.78 is 12.5. The van der Waals surface area contributed by atoms with Crippen LogP contribution in [0.3, 0.4) is 0 Å². The zero-order valence-electron chi connectivity index (χ0n) is 16.3. The fourth-order valence-corrected chi connectivity index (χ4v) is 2.97. The number of aromatic nitrogens is 2. The molecule has 3 rings (SSSR count). The molecule has 0 spiro atoms. The molecule has 150 valence electrons. The number of hydrogen-bond donors (Lipinski definition) is 0. The summed E-state index contributed by atoms with van der Waals surface area (Å²) in [7, 11) is 0. The van der Waals surface area contributed by atoms with Crippen LogP contribution in [0.5, 0.6) is 5.75 Å². The van der Waals surface area contributed by atoms with Gasteiger partial charge in [0.2, 0.25) is 0 Å². The van der Waals surface area contributed by atoms with Gasteiger partial charge in [-0.3, -0.25) is 4.79 Å². The maximum Gasteiger partial charge on any atom is 0.344 e. The van der Waals surface area contributed by atoms with E-state index in [-0.39, 0.29) is 18.3 Å². The molecule has 0 N–H and O–H groups in total. The number of carbonyl (C=O) groups is 1. The molecular weight excluding hydrogens is 438 g/mol. The number of fused-ring (bicyclic) bond motifs is 1. The van der Waals surface area contributed by atoms with Crippen molar-refractivity contribution in [2.24, 2.45) is 5.10 Å². The van der Waals surface area contributed by atoms with Crippen LogP contribution < -0.4 is 10.3 Å². The Morgan fingerprint density at radius 2 is 1.97 bits per heavy atom. The first-order valence-corrected chi connectivity index (χ1v) is 9.78. The van der Waals surface area contributed by atoms with E-state index in [0.717, 1.165) is 10.0 Å². The molecular formula is C21H20BrN3O4.